The third-order valence-corrected chi connectivity index (χ3v) is 3.74. The quantitative estimate of drug-likeness (QED) is 0.745. The smallest absolute Gasteiger partial charge is 0.404 e. The van der Waals surface area contributed by atoms with Crippen molar-refractivity contribution in [1.82, 2.24) is 10.3 Å². The van der Waals surface area contributed by atoms with Crippen LogP contribution in [0.1, 0.15) is 31.2 Å². The van der Waals surface area contributed by atoms with Crippen molar-refractivity contribution in [3.05, 3.63) is 22.6 Å². The number of nitrogens with zero attached hydrogens (tertiary/aromatic N) is 2. The lowest BCUT2D eigenvalue weighted by molar-refractivity contribution is 0.184. The fourth-order valence-corrected chi connectivity index (χ4v) is 2.64. The summed E-state index contributed by atoms with van der Waals surface area (Å²) >= 11 is 5.79. The van der Waals surface area contributed by atoms with Crippen LogP contribution in [0.2, 0.25) is 5.15 Å². The fourth-order valence-electron chi connectivity index (χ4n) is 2.46. The number of carbonyl (C=O) groups is 1. The van der Waals surface area contributed by atoms with E-state index in [2.05, 4.69) is 15.6 Å². The molecule has 1 aromatic heterocycles. The summed E-state index contributed by atoms with van der Waals surface area (Å²) in [5.74, 6) is -0.751. The topological polar surface area (TPSA) is 98.0 Å². The van der Waals surface area contributed by atoms with Crippen LogP contribution in [0.3, 0.4) is 0 Å². The van der Waals surface area contributed by atoms with Crippen LogP contribution in [0.15, 0.2) is 6.07 Å². The highest BCUT2D eigenvalue weighted by atomic mass is 35.5. The van der Waals surface area contributed by atoms with Crippen LogP contribution in [0.5, 0.6) is 0 Å². The highest BCUT2D eigenvalue weighted by molar-refractivity contribution is 6.30. The molecule has 1 amide bonds. The molecule has 0 aliphatic heterocycles. The summed E-state index contributed by atoms with van der Waals surface area (Å²) in [6, 6.07) is 2.19. The van der Waals surface area contributed by atoms with Crippen molar-refractivity contribution in [3.63, 3.8) is 0 Å². The maximum absolute atomic E-state index is 13.9. The number of anilines is 1. The minimum absolute atomic E-state index is 0.0384. The van der Waals surface area contributed by atoms with E-state index in [1.54, 1.807) is 6.07 Å². The largest absolute Gasteiger partial charge is 0.465 e. The lowest BCUT2D eigenvalue weighted by atomic mass is 9.90. The van der Waals surface area contributed by atoms with Crippen molar-refractivity contribution in [2.75, 3.05) is 5.32 Å². The molecule has 0 spiro atoms. The number of halogens is 2. The average molecular weight is 313 g/mol. The van der Waals surface area contributed by atoms with Gasteiger partial charge in [0, 0.05) is 6.04 Å². The second-order valence-electron chi connectivity index (χ2n) is 4.86. The van der Waals surface area contributed by atoms with Crippen molar-refractivity contribution in [1.29, 1.82) is 5.26 Å². The number of rotatable bonds is 3. The SMILES string of the molecule is N#Cc1cc(F)c(N[C@@H]2CCCC[C@@H]2NC(=O)O)nc1Cl. The molecule has 1 fully saturated rings. The number of carboxylic acid groups (broad SMARTS) is 1. The lowest BCUT2D eigenvalue weighted by Crippen LogP contribution is -2.48. The molecule has 0 radical (unpaired) electrons. The Bertz CT molecular complexity index is 590. The van der Waals surface area contributed by atoms with Gasteiger partial charge in [-0.3, -0.25) is 0 Å². The number of aromatic nitrogens is 1. The van der Waals surface area contributed by atoms with E-state index >= 15 is 0 Å². The predicted molar refractivity (Wildman–Crippen MR) is 74.7 cm³/mol. The summed E-state index contributed by atoms with van der Waals surface area (Å²) < 4.78 is 13.9. The molecule has 0 saturated heterocycles. The molecule has 1 heterocycles. The minimum atomic E-state index is -1.11. The van der Waals surface area contributed by atoms with Crippen LogP contribution in [0.25, 0.3) is 0 Å². The van der Waals surface area contributed by atoms with Gasteiger partial charge in [0.25, 0.3) is 0 Å². The molecular formula is C13H14ClFN4O2. The van der Waals surface area contributed by atoms with Gasteiger partial charge in [-0.25, -0.2) is 14.2 Å². The highest BCUT2D eigenvalue weighted by Gasteiger charge is 2.27. The van der Waals surface area contributed by atoms with Crippen LogP contribution in [0.4, 0.5) is 15.0 Å². The second kappa shape index (κ2) is 6.59. The third kappa shape index (κ3) is 3.73. The average Bonchev–Trinajstić information content (AvgIpc) is 2.44. The lowest BCUT2D eigenvalue weighted by Gasteiger charge is -2.32. The minimum Gasteiger partial charge on any atom is -0.465 e. The van der Waals surface area contributed by atoms with Crippen LogP contribution >= 0.6 is 11.6 Å². The van der Waals surface area contributed by atoms with Crippen LogP contribution in [-0.2, 0) is 0 Å². The molecule has 1 aliphatic rings. The molecule has 3 N–H and O–H groups in total. The summed E-state index contributed by atoms with van der Waals surface area (Å²) in [6.45, 7) is 0. The van der Waals surface area contributed by atoms with Crippen molar-refractivity contribution < 1.29 is 14.3 Å². The normalized spacial score (nSPS) is 21.4. The molecule has 21 heavy (non-hydrogen) atoms. The summed E-state index contributed by atoms with van der Waals surface area (Å²) in [5, 5.41) is 22.8. The van der Waals surface area contributed by atoms with Gasteiger partial charge in [-0.2, -0.15) is 5.26 Å². The van der Waals surface area contributed by atoms with Crippen molar-refractivity contribution >= 4 is 23.5 Å². The van der Waals surface area contributed by atoms with Gasteiger partial charge in [-0.05, 0) is 18.9 Å². The summed E-state index contributed by atoms with van der Waals surface area (Å²) in [5.41, 5.74) is -0.0384. The van der Waals surface area contributed by atoms with E-state index in [9.17, 15) is 9.18 Å². The van der Waals surface area contributed by atoms with Gasteiger partial charge in [0.05, 0.1) is 11.6 Å². The van der Waals surface area contributed by atoms with E-state index in [1.165, 1.54) is 0 Å². The predicted octanol–water partition coefficient (Wildman–Crippen LogP) is 2.74. The maximum Gasteiger partial charge on any atom is 0.404 e. The zero-order chi connectivity index (χ0) is 15.4. The van der Waals surface area contributed by atoms with Gasteiger partial charge in [0.1, 0.15) is 11.2 Å². The molecule has 6 nitrogen and oxygen atoms in total. The van der Waals surface area contributed by atoms with Gasteiger partial charge >= 0.3 is 6.09 Å². The Balaban J connectivity index is 2.17. The first kappa shape index (κ1) is 15.3. The fraction of sp³-hybridized carbons (Fsp3) is 0.462. The molecule has 1 saturated carbocycles. The molecule has 0 aromatic carbocycles. The van der Waals surface area contributed by atoms with Crippen LogP contribution in [-0.4, -0.2) is 28.3 Å². The molecule has 8 heteroatoms. The molecule has 112 valence electrons. The summed E-state index contributed by atoms with van der Waals surface area (Å²) in [6.07, 6.45) is 2.09. The van der Waals surface area contributed by atoms with Gasteiger partial charge < -0.3 is 15.7 Å². The Morgan fingerprint density at radius 3 is 2.76 bits per heavy atom. The van der Waals surface area contributed by atoms with Crippen LogP contribution < -0.4 is 10.6 Å². The van der Waals surface area contributed by atoms with Crippen molar-refractivity contribution in [3.8, 4) is 6.07 Å². The third-order valence-electron chi connectivity index (χ3n) is 3.45. The van der Waals surface area contributed by atoms with Gasteiger partial charge in [0.2, 0.25) is 0 Å². The molecular weight excluding hydrogens is 299 g/mol. The van der Waals surface area contributed by atoms with Gasteiger partial charge in [0.15, 0.2) is 11.6 Å². The van der Waals surface area contributed by atoms with Crippen molar-refractivity contribution in [2.45, 2.75) is 37.8 Å². The molecule has 0 bridgehead atoms. The Kier molecular flexibility index (Phi) is 4.81. The summed E-state index contributed by atoms with van der Waals surface area (Å²) in [7, 11) is 0. The van der Waals surface area contributed by atoms with E-state index in [1.807, 2.05) is 0 Å². The number of nitriles is 1. The number of nitrogens with one attached hydrogen (secondary N) is 2. The zero-order valence-corrected chi connectivity index (χ0v) is 11.8. The Labute approximate surface area is 125 Å². The summed E-state index contributed by atoms with van der Waals surface area (Å²) in [4.78, 5) is 14.6. The molecule has 0 unspecified atom stereocenters. The van der Waals surface area contributed by atoms with Crippen LogP contribution in [0, 0.1) is 17.1 Å². The first-order valence-electron chi connectivity index (χ1n) is 6.53. The van der Waals surface area contributed by atoms with Gasteiger partial charge in [-0.1, -0.05) is 24.4 Å². The standard InChI is InChI=1S/C13H14ClFN4O2/c14-11-7(6-16)5-8(15)12(19-11)17-9-3-1-2-4-10(9)18-13(20)21/h5,9-10,18H,1-4H2,(H,17,19)(H,20,21)/t9-,10+/m1/s1. The molecule has 2 atom stereocenters. The molecule has 2 rings (SSSR count). The number of pyridine rings is 1. The maximum atomic E-state index is 13.9. The van der Waals surface area contributed by atoms with E-state index in [0.29, 0.717) is 12.8 Å². The van der Waals surface area contributed by atoms with E-state index in [4.69, 9.17) is 22.0 Å². The number of amides is 1. The van der Waals surface area contributed by atoms with E-state index in [-0.39, 0.29) is 28.6 Å². The van der Waals surface area contributed by atoms with E-state index in [0.717, 1.165) is 18.9 Å². The van der Waals surface area contributed by atoms with Crippen molar-refractivity contribution in [2.24, 2.45) is 0 Å². The molecule has 1 aromatic rings. The zero-order valence-electron chi connectivity index (χ0n) is 11.1. The van der Waals surface area contributed by atoms with E-state index < -0.39 is 11.9 Å². The Morgan fingerprint density at radius 1 is 1.48 bits per heavy atom. The number of hydrogen-bond acceptors (Lipinski definition) is 4. The Hall–Kier alpha value is -2.07. The number of hydrogen-bond donors (Lipinski definition) is 3. The molecule has 1 aliphatic carbocycles. The highest BCUT2D eigenvalue weighted by Crippen LogP contribution is 2.25. The monoisotopic (exact) mass is 312 g/mol. The van der Waals surface area contributed by atoms with Gasteiger partial charge in [-0.15, -0.1) is 0 Å². The second-order valence-corrected chi connectivity index (χ2v) is 5.22. The first-order valence-corrected chi connectivity index (χ1v) is 6.91. The first-order chi connectivity index (χ1) is 10.0. The Morgan fingerprint density at radius 2 is 2.14 bits per heavy atom.